The first-order chi connectivity index (χ1) is 18.2. The summed E-state index contributed by atoms with van der Waals surface area (Å²) in [6.45, 7) is 9.41. The highest BCUT2D eigenvalue weighted by molar-refractivity contribution is 6.02. The lowest BCUT2D eigenvalue weighted by molar-refractivity contribution is -0.146. The van der Waals surface area contributed by atoms with Crippen LogP contribution in [0.3, 0.4) is 0 Å². The second-order valence-corrected chi connectivity index (χ2v) is 11.1. The lowest BCUT2D eigenvalue weighted by Crippen LogP contribution is -2.55. The number of rotatable bonds is 13. The molecule has 3 aliphatic heterocycles. The fourth-order valence-electron chi connectivity index (χ4n) is 6.78. The van der Waals surface area contributed by atoms with Crippen LogP contribution in [0, 0.1) is 17.8 Å². The van der Waals surface area contributed by atoms with Gasteiger partial charge in [0.25, 0.3) is 0 Å². The highest BCUT2D eigenvalue weighted by atomic mass is 16.5. The molecule has 3 aliphatic rings. The molecule has 9 nitrogen and oxygen atoms in total. The van der Waals surface area contributed by atoms with E-state index in [-0.39, 0.29) is 30.2 Å². The number of aliphatic hydroxyl groups excluding tert-OH is 1. The van der Waals surface area contributed by atoms with Crippen LogP contribution in [0.2, 0.25) is 0 Å². The van der Waals surface area contributed by atoms with Crippen LogP contribution < -0.4 is 15.4 Å². The molecular formula is C29H43N3O6. The van der Waals surface area contributed by atoms with Gasteiger partial charge in [0, 0.05) is 25.4 Å². The van der Waals surface area contributed by atoms with Crippen molar-refractivity contribution in [3.05, 3.63) is 24.3 Å². The second kappa shape index (κ2) is 11.6. The zero-order valence-corrected chi connectivity index (χ0v) is 23.1. The van der Waals surface area contributed by atoms with E-state index in [4.69, 9.17) is 9.47 Å². The standard InChI is InChI=1S/C29H43N3O6/c1-5-7-8-15-30-26(35)24-29-18-19(3)28(4,38-29)22(23(29)27(36)32(24)16-9-10-17-33)25(34)31-20-11-13-21(14-12-20)37-6-2/h11-14,19,22-24,33H,5-10,15-18H2,1-4H3,(H,30,35)(H,31,34)/t19?,22-,23+,24?,28+,29?/m1/s1. The molecule has 0 saturated carbocycles. The summed E-state index contributed by atoms with van der Waals surface area (Å²) < 4.78 is 12.2. The number of ether oxygens (including phenoxy) is 2. The monoisotopic (exact) mass is 529 g/mol. The molecule has 3 heterocycles. The number of anilines is 1. The third-order valence-corrected chi connectivity index (χ3v) is 8.66. The first kappa shape index (κ1) is 28.4. The van der Waals surface area contributed by atoms with E-state index in [1.807, 2.05) is 20.8 Å². The van der Waals surface area contributed by atoms with Crippen molar-refractivity contribution < 1.29 is 29.0 Å². The van der Waals surface area contributed by atoms with Crippen molar-refractivity contribution in [1.29, 1.82) is 0 Å². The quantitative estimate of drug-likeness (QED) is 0.338. The third-order valence-electron chi connectivity index (χ3n) is 8.66. The molecule has 38 heavy (non-hydrogen) atoms. The number of nitrogens with one attached hydrogen (secondary N) is 2. The molecule has 1 aromatic carbocycles. The summed E-state index contributed by atoms with van der Waals surface area (Å²) in [4.78, 5) is 43.1. The molecule has 210 valence electrons. The SMILES string of the molecule is CCCCCNC(=O)C1N(CCCCO)C(=O)[C@@H]2[C@H](C(=O)Nc3ccc(OCC)cc3)[C@@]3(C)OC12CC3C. The second-order valence-electron chi connectivity index (χ2n) is 11.1. The van der Waals surface area contributed by atoms with Crippen molar-refractivity contribution in [2.24, 2.45) is 17.8 Å². The number of hydrogen-bond donors (Lipinski definition) is 3. The van der Waals surface area contributed by atoms with Crippen LogP contribution >= 0.6 is 0 Å². The number of carbonyl (C=O) groups excluding carboxylic acids is 3. The van der Waals surface area contributed by atoms with Gasteiger partial charge in [-0.2, -0.15) is 0 Å². The van der Waals surface area contributed by atoms with E-state index in [1.54, 1.807) is 29.2 Å². The normalized spacial score (nSPS) is 31.4. The van der Waals surface area contributed by atoms with Gasteiger partial charge in [0.15, 0.2) is 0 Å². The van der Waals surface area contributed by atoms with Crippen molar-refractivity contribution >= 4 is 23.4 Å². The van der Waals surface area contributed by atoms with Gasteiger partial charge in [-0.25, -0.2) is 0 Å². The van der Waals surface area contributed by atoms with Gasteiger partial charge in [0.2, 0.25) is 17.7 Å². The molecule has 3 unspecified atom stereocenters. The molecule has 6 atom stereocenters. The highest BCUT2D eigenvalue weighted by Gasteiger charge is 2.79. The van der Waals surface area contributed by atoms with Crippen molar-refractivity contribution in [2.75, 3.05) is 31.6 Å². The van der Waals surface area contributed by atoms with E-state index in [0.717, 1.165) is 19.3 Å². The number of amides is 3. The molecule has 3 saturated heterocycles. The molecule has 0 aromatic heterocycles. The average Bonchev–Trinajstić information content (AvgIpc) is 3.40. The van der Waals surface area contributed by atoms with Gasteiger partial charge in [0.1, 0.15) is 17.4 Å². The number of carbonyl (C=O) groups is 3. The highest BCUT2D eigenvalue weighted by Crippen LogP contribution is 2.65. The van der Waals surface area contributed by atoms with Crippen molar-refractivity contribution in [1.82, 2.24) is 10.2 Å². The van der Waals surface area contributed by atoms with Gasteiger partial charge in [0.05, 0.1) is 24.0 Å². The number of nitrogens with zero attached hydrogens (tertiary/aromatic N) is 1. The topological polar surface area (TPSA) is 117 Å². The Hall–Kier alpha value is -2.65. The minimum absolute atomic E-state index is 0.0171. The van der Waals surface area contributed by atoms with E-state index in [0.29, 0.717) is 50.4 Å². The van der Waals surface area contributed by atoms with E-state index < -0.39 is 29.1 Å². The molecule has 0 radical (unpaired) electrons. The minimum Gasteiger partial charge on any atom is -0.494 e. The van der Waals surface area contributed by atoms with Crippen LogP contribution in [0.4, 0.5) is 5.69 Å². The maximum absolute atomic E-state index is 14.0. The van der Waals surface area contributed by atoms with Gasteiger partial charge in [-0.05, 0) is 69.7 Å². The molecule has 3 N–H and O–H groups in total. The summed E-state index contributed by atoms with van der Waals surface area (Å²) >= 11 is 0. The van der Waals surface area contributed by atoms with Gasteiger partial charge in [-0.1, -0.05) is 26.7 Å². The fourth-order valence-corrected chi connectivity index (χ4v) is 6.78. The summed E-state index contributed by atoms with van der Waals surface area (Å²) in [5.74, 6) is -1.48. The predicted octanol–water partition coefficient (Wildman–Crippen LogP) is 3.11. The number of benzene rings is 1. The summed E-state index contributed by atoms with van der Waals surface area (Å²) in [5, 5.41) is 15.4. The average molecular weight is 530 g/mol. The van der Waals surface area contributed by atoms with Gasteiger partial charge in [-0.15, -0.1) is 0 Å². The van der Waals surface area contributed by atoms with Crippen LogP contribution in [-0.4, -0.2) is 71.3 Å². The third kappa shape index (κ3) is 4.91. The van der Waals surface area contributed by atoms with Crippen molar-refractivity contribution in [2.45, 2.75) is 83.5 Å². The molecule has 9 heteroatoms. The Morgan fingerprint density at radius 2 is 1.87 bits per heavy atom. The van der Waals surface area contributed by atoms with Gasteiger partial charge < -0.3 is 30.1 Å². The number of fused-ring (bicyclic) bond motifs is 1. The fraction of sp³-hybridized carbons (Fsp3) is 0.690. The van der Waals surface area contributed by atoms with E-state index >= 15 is 0 Å². The number of aliphatic hydroxyl groups is 1. The Balaban J connectivity index is 1.62. The number of hydrogen-bond acceptors (Lipinski definition) is 6. The molecule has 2 bridgehead atoms. The molecule has 1 spiro atoms. The first-order valence-corrected chi connectivity index (χ1v) is 14.2. The lowest BCUT2D eigenvalue weighted by atomic mass is 9.62. The number of unbranched alkanes of at least 4 members (excludes halogenated alkanes) is 3. The first-order valence-electron chi connectivity index (χ1n) is 14.2. The zero-order chi connectivity index (χ0) is 27.5. The Morgan fingerprint density at radius 3 is 2.53 bits per heavy atom. The van der Waals surface area contributed by atoms with E-state index in [2.05, 4.69) is 17.6 Å². The number of likely N-dealkylation sites (tertiary alicyclic amines) is 1. The van der Waals surface area contributed by atoms with Crippen molar-refractivity contribution in [3.8, 4) is 5.75 Å². The van der Waals surface area contributed by atoms with E-state index in [1.165, 1.54) is 0 Å². The largest absolute Gasteiger partial charge is 0.494 e. The molecule has 4 rings (SSSR count). The molecule has 1 aromatic rings. The van der Waals surface area contributed by atoms with Gasteiger partial charge >= 0.3 is 0 Å². The Kier molecular flexibility index (Phi) is 8.67. The minimum atomic E-state index is -1.06. The smallest absolute Gasteiger partial charge is 0.245 e. The maximum atomic E-state index is 14.0. The Labute approximate surface area is 225 Å². The lowest BCUT2D eigenvalue weighted by Gasteiger charge is -2.36. The summed E-state index contributed by atoms with van der Waals surface area (Å²) in [6.07, 6.45) is 4.56. The van der Waals surface area contributed by atoms with E-state index in [9.17, 15) is 19.5 Å². The van der Waals surface area contributed by atoms with Crippen LogP contribution in [0.5, 0.6) is 5.75 Å². The van der Waals surface area contributed by atoms with Crippen LogP contribution in [-0.2, 0) is 19.1 Å². The predicted molar refractivity (Wildman–Crippen MR) is 144 cm³/mol. The Bertz CT molecular complexity index is 1020. The Morgan fingerprint density at radius 1 is 1.13 bits per heavy atom. The summed E-state index contributed by atoms with van der Waals surface area (Å²) in [5.41, 5.74) is -1.31. The molecule has 3 amide bonds. The van der Waals surface area contributed by atoms with Crippen LogP contribution in [0.15, 0.2) is 24.3 Å². The summed E-state index contributed by atoms with van der Waals surface area (Å²) in [7, 11) is 0. The zero-order valence-electron chi connectivity index (χ0n) is 23.1. The molecule has 0 aliphatic carbocycles. The van der Waals surface area contributed by atoms with Gasteiger partial charge in [-0.3, -0.25) is 14.4 Å². The summed E-state index contributed by atoms with van der Waals surface area (Å²) in [6, 6.07) is 6.36. The molecule has 3 fully saturated rings. The molecular weight excluding hydrogens is 486 g/mol. The van der Waals surface area contributed by atoms with Crippen LogP contribution in [0.25, 0.3) is 0 Å². The van der Waals surface area contributed by atoms with Crippen LogP contribution in [0.1, 0.15) is 66.2 Å². The maximum Gasteiger partial charge on any atom is 0.245 e. The van der Waals surface area contributed by atoms with Crippen molar-refractivity contribution in [3.63, 3.8) is 0 Å².